The van der Waals surface area contributed by atoms with E-state index >= 15 is 0 Å². The van der Waals surface area contributed by atoms with E-state index in [0.717, 1.165) is 23.1 Å². The number of hydrogen-bond donors (Lipinski definition) is 1. The summed E-state index contributed by atoms with van der Waals surface area (Å²) in [6, 6.07) is 19.5. The van der Waals surface area contributed by atoms with Crippen LogP contribution in [0, 0.1) is 6.92 Å². The van der Waals surface area contributed by atoms with Crippen LogP contribution in [0.5, 0.6) is 0 Å². The fourth-order valence-corrected chi connectivity index (χ4v) is 3.57. The van der Waals surface area contributed by atoms with Crippen LogP contribution in [-0.2, 0) is 12.2 Å². The molecule has 0 saturated carbocycles. The van der Waals surface area contributed by atoms with Gasteiger partial charge >= 0.3 is 0 Å². The zero-order chi connectivity index (χ0) is 19.3. The smallest absolute Gasteiger partial charge is 0.287 e. The number of nitrogens with zero attached hydrogens (tertiary/aromatic N) is 1. The summed E-state index contributed by atoms with van der Waals surface area (Å²) < 4.78 is 11.4. The third-order valence-corrected chi connectivity index (χ3v) is 5.14. The highest BCUT2D eigenvalue weighted by atomic mass is 32.2. The monoisotopic (exact) mass is 392 g/mol. The molecule has 142 valence electrons. The van der Waals surface area contributed by atoms with Crippen LogP contribution in [0.4, 0.5) is 0 Å². The van der Waals surface area contributed by atoms with Gasteiger partial charge in [0, 0.05) is 6.54 Å². The summed E-state index contributed by atoms with van der Waals surface area (Å²) in [7, 11) is 0. The standard InChI is InChI=1S/C22H20N2O3S/c1-15-7-9-18-20(13-15)27-22(24-18)28-14-17-8-10-19(26-17)21(25)23-12-11-16-5-3-2-4-6-16/h2-10,13H,11-12,14H2,1H3,(H,23,25). The summed E-state index contributed by atoms with van der Waals surface area (Å²) in [5.74, 6) is 1.36. The normalized spacial score (nSPS) is 11.0. The highest BCUT2D eigenvalue weighted by molar-refractivity contribution is 7.98. The zero-order valence-corrected chi connectivity index (χ0v) is 16.3. The van der Waals surface area contributed by atoms with Gasteiger partial charge in [0.25, 0.3) is 11.1 Å². The van der Waals surface area contributed by atoms with Crippen LogP contribution in [-0.4, -0.2) is 17.4 Å². The maximum atomic E-state index is 12.2. The van der Waals surface area contributed by atoms with Gasteiger partial charge in [-0.05, 0) is 48.7 Å². The largest absolute Gasteiger partial charge is 0.455 e. The lowest BCUT2D eigenvalue weighted by Crippen LogP contribution is -2.25. The first-order chi connectivity index (χ1) is 13.7. The Hall–Kier alpha value is -2.99. The fraction of sp³-hybridized carbons (Fsp3) is 0.182. The van der Waals surface area contributed by atoms with Crippen molar-refractivity contribution in [3.63, 3.8) is 0 Å². The molecule has 28 heavy (non-hydrogen) atoms. The molecule has 0 atom stereocenters. The van der Waals surface area contributed by atoms with Crippen molar-refractivity contribution in [1.29, 1.82) is 0 Å². The molecule has 0 fully saturated rings. The van der Waals surface area contributed by atoms with Crippen molar-refractivity contribution in [3.8, 4) is 0 Å². The first-order valence-corrected chi connectivity index (χ1v) is 10.1. The van der Waals surface area contributed by atoms with E-state index in [0.29, 0.717) is 29.0 Å². The van der Waals surface area contributed by atoms with Crippen molar-refractivity contribution < 1.29 is 13.6 Å². The lowest BCUT2D eigenvalue weighted by atomic mass is 10.1. The number of furan rings is 1. The number of thioether (sulfide) groups is 1. The van der Waals surface area contributed by atoms with E-state index in [9.17, 15) is 4.79 Å². The lowest BCUT2D eigenvalue weighted by Gasteiger charge is -2.03. The molecule has 0 aliphatic heterocycles. The number of oxazole rings is 1. The van der Waals surface area contributed by atoms with Gasteiger partial charge in [0.15, 0.2) is 11.3 Å². The topological polar surface area (TPSA) is 68.3 Å². The molecule has 0 radical (unpaired) electrons. The minimum Gasteiger partial charge on any atom is -0.455 e. The minimum absolute atomic E-state index is 0.204. The molecule has 2 aromatic carbocycles. The molecule has 0 saturated heterocycles. The third kappa shape index (κ3) is 4.46. The SMILES string of the molecule is Cc1ccc2nc(SCc3ccc(C(=O)NCCc4ccccc4)o3)oc2c1. The van der Waals surface area contributed by atoms with Crippen molar-refractivity contribution >= 4 is 28.8 Å². The molecule has 4 aromatic rings. The van der Waals surface area contributed by atoms with Crippen molar-refractivity contribution in [2.45, 2.75) is 24.3 Å². The first kappa shape index (κ1) is 18.4. The Balaban J connectivity index is 1.30. The number of hydrogen-bond acceptors (Lipinski definition) is 5. The Morgan fingerprint density at radius 1 is 1.07 bits per heavy atom. The van der Waals surface area contributed by atoms with Gasteiger partial charge in [-0.2, -0.15) is 0 Å². The van der Waals surface area contributed by atoms with Gasteiger partial charge in [-0.25, -0.2) is 4.98 Å². The van der Waals surface area contributed by atoms with Crippen molar-refractivity contribution in [2.24, 2.45) is 0 Å². The van der Waals surface area contributed by atoms with Crippen LogP contribution < -0.4 is 5.32 Å². The lowest BCUT2D eigenvalue weighted by molar-refractivity contribution is 0.0925. The summed E-state index contributed by atoms with van der Waals surface area (Å²) in [5, 5.41) is 3.48. The summed E-state index contributed by atoms with van der Waals surface area (Å²) in [4.78, 5) is 16.7. The van der Waals surface area contributed by atoms with E-state index in [4.69, 9.17) is 8.83 Å². The number of aryl methyl sites for hydroxylation is 1. The highest BCUT2D eigenvalue weighted by Crippen LogP contribution is 2.27. The maximum Gasteiger partial charge on any atom is 0.287 e. The predicted octanol–water partition coefficient (Wildman–Crippen LogP) is 4.99. The number of fused-ring (bicyclic) bond motifs is 1. The van der Waals surface area contributed by atoms with E-state index in [-0.39, 0.29) is 5.91 Å². The number of carbonyl (C=O) groups is 1. The second-order valence-electron chi connectivity index (χ2n) is 6.50. The third-order valence-electron chi connectivity index (χ3n) is 4.29. The highest BCUT2D eigenvalue weighted by Gasteiger charge is 2.12. The maximum absolute atomic E-state index is 12.2. The van der Waals surface area contributed by atoms with E-state index in [1.165, 1.54) is 17.3 Å². The van der Waals surface area contributed by atoms with Crippen LogP contribution >= 0.6 is 11.8 Å². The second kappa shape index (κ2) is 8.35. The van der Waals surface area contributed by atoms with Gasteiger partial charge < -0.3 is 14.2 Å². The van der Waals surface area contributed by atoms with Gasteiger partial charge in [-0.3, -0.25) is 4.79 Å². The van der Waals surface area contributed by atoms with Crippen LogP contribution in [0.2, 0.25) is 0 Å². The molecule has 1 amide bonds. The molecule has 5 nitrogen and oxygen atoms in total. The summed E-state index contributed by atoms with van der Waals surface area (Å²) in [6.45, 7) is 2.58. The van der Waals surface area contributed by atoms with Crippen LogP contribution in [0.3, 0.4) is 0 Å². The minimum atomic E-state index is -0.204. The van der Waals surface area contributed by atoms with Crippen molar-refractivity contribution in [1.82, 2.24) is 10.3 Å². The Kier molecular flexibility index (Phi) is 5.48. The molecule has 0 spiro atoms. The number of nitrogens with one attached hydrogen (secondary N) is 1. The van der Waals surface area contributed by atoms with Gasteiger partial charge in [-0.15, -0.1) is 0 Å². The van der Waals surface area contributed by atoms with E-state index in [2.05, 4.69) is 10.3 Å². The molecule has 0 unspecified atom stereocenters. The molecule has 4 rings (SSSR count). The van der Waals surface area contributed by atoms with Crippen LogP contribution in [0.15, 0.2) is 74.7 Å². The molecule has 6 heteroatoms. The van der Waals surface area contributed by atoms with Crippen LogP contribution in [0.1, 0.15) is 27.4 Å². The molecule has 0 aliphatic rings. The predicted molar refractivity (Wildman–Crippen MR) is 109 cm³/mol. The van der Waals surface area contributed by atoms with E-state index in [1.54, 1.807) is 6.07 Å². The van der Waals surface area contributed by atoms with E-state index < -0.39 is 0 Å². The fourth-order valence-electron chi connectivity index (χ4n) is 2.83. The quantitative estimate of drug-likeness (QED) is 0.449. The van der Waals surface area contributed by atoms with Crippen LogP contribution in [0.25, 0.3) is 11.1 Å². The molecular formula is C22H20N2O3S. The number of rotatable bonds is 7. The average Bonchev–Trinajstić information content (AvgIpc) is 3.33. The molecule has 1 N–H and O–H groups in total. The Morgan fingerprint density at radius 2 is 1.93 bits per heavy atom. The Morgan fingerprint density at radius 3 is 2.79 bits per heavy atom. The number of aromatic nitrogens is 1. The van der Waals surface area contributed by atoms with Crippen molar-refractivity contribution in [3.05, 3.63) is 83.3 Å². The van der Waals surface area contributed by atoms with Gasteiger partial charge in [0.1, 0.15) is 11.3 Å². The van der Waals surface area contributed by atoms with Gasteiger partial charge in [0.2, 0.25) is 0 Å². The average molecular weight is 392 g/mol. The molecule has 0 aliphatic carbocycles. The van der Waals surface area contributed by atoms with Gasteiger partial charge in [-0.1, -0.05) is 48.2 Å². The molecule has 2 aromatic heterocycles. The van der Waals surface area contributed by atoms with Crippen molar-refractivity contribution in [2.75, 3.05) is 6.54 Å². The molecule has 2 heterocycles. The Labute approximate surface area is 167 Å². The summed E-state index contributed by atoms with van der Waals surface area (Å²) in [5.41, 5.74) is 3.94. The molecular weight excluding hydrogens is 372 g/mol. The van der Waals surface area contributed by atoms with Gasteiger partial charge in [0.05, 0.1) is 5.75 Å². The molecule has 0 bridgehead atoms. The summed E-state index contributed by atoms with van der Waals surface area (Å²) >= 11 is 1.44. The number of amides is 1. The second-order valence-corrected chi connectivity index (χ2v) is 7.42. The number of benzene rings is 2. The zero-order valence-electron chi connectivity index (χ0n) is 15.5. The summed E-state index contributed by atoms with van der Waals surface area (Å²) in [6.07, 6.45) is 0.785. The first-order valence-electron chi connectivity index (χ1n) is 9.08. The van der Waals surface area contributed by atoms with E-state index in [1.807, 2.05) is 61.5 Å². The Bertz CT molecular complexity index is 1090. The number of carbonyl (C=O) groups excluding carboxylic acids is 1.